The molecule has 116 valence electrons. The molecule has 0 unspecified atom stereocenters. The van der Waals surface area contributed by atoms with Gasteiger partial charge < -0.3 is 22.9 Å². The Bertz CT molecular complexity index is 726. The summed E-state index contributed by atoms with van der Waals surface area (Å²) in [7, 11) is 3.57. The molecule has 0 fully saturated rings. The van der Waals surface area contributed by atoms with Crippen LogP contribution in [-0.4, -0.2) is 7.05 Å². The average Bonchev–Trinajstić information content (AvgIpc) is 2.87. The van der Waals surface area contributed by atoms with E-state index in [1.54, 1.807) is 17.6 Å². The predicted octanol–water partition coefficient (Wildman–Crippen LogP) is 0.354. The van der Waals surface area contributed by atoms with Crippen LogP contribution >= 0.6 is 11.3 Å². The second-order valence-corrected chi connectivity index (χ2v) is 5.26. The number of halogens is 1. The molecule has 0 saturated carbocycles. The lowest BCUT2D eigenvalue weighted by Crippen LogP contribution is -3.00. The Morgan fingerprint density at radius 3 is 2.32 bits per heavy atom. The molecule has 2 N–H and O–H groups in total. The number of hydrogen-bond acceptors (Lipinski definition) is 3. The predicted molar refractivity (Wildman–Crippen MR) is 89.2 cm³/mol. The minimum atomic E-state index is 0. The maximum atomic E-state index is 5.57. The summed E-state index contributed by atoms with van der Waals surface area (Å²) in [6, 6.07) is 18.2. The minimum absolute atomic E-state index is 0. The van der Waals surface area contributed by atoms with Crippen LogP contribution in [0.3, 0.4) is 0 Å². The van der Waals surface area contributed by atoms with Crippen molar-refractivity contribution >= 4 is 27.6 Å². The maximum Gasteiger partial charge on any atom is 0.265 e. The quantitative estimate of drug-likeness (QED) is 0.555. The highest BCUT2D eigenvalue weighted by Crippen LogP contribution is 2.20. The Morgan fingerprint density at radius 2 is 1.64 bits per heavy atom. The average molecular weight is 335 g/mol. The second kappa shape index (κ2) is 9.20. The fourth-order valence-electron chi connectivity index (χ4n) is 1.94. The van der Waals surface area contributed by atoms with E-state index in [2.05, 4.69) is 41.6 Å². The van der Waals surface area contributed by atoms with Crippen molar-refractivity contribution in [1.29, 1.82) is 0 Å². The first kappa shape index (κ1) is 18.2. The standard InChI is InChI=1S/C16H14NOS.CH5N.ClH/c1-17-14-9-5-6-10-15(14)19-16(17)11-12-18-13-7-3-2-4-8-13;1-2;/h2-12H,1H3;2H2,1H3;1H/q+1;;/p-1. The molecule has 0 radical (unpaired) electrons. The molecule has 0 aliphatic heterocycles. The summed E-state index contributed by atoms with van der Waals surface area (Å²) in [6.45, 7) is 0. The van der Waals surface area contributed by atoms with Gasteiger partial charge in [0.25, 0.3) is 5.01 Å². The van der Waals surface area contributed by atoms with Gasteiger partial charge in [-0.05, 0) is 25.2 Å². The Labute approximate surface area is 141 Å². The zero-order valence-electron chi connectivity index (χ0n) is 12.6. The van der Waals surface area contributed by atoms with Crippen molar-refractivity contribution < 1.29 is 21.7 Å². The van der Waals surface area contributed by atoms with Crippen LogP contribution in [0.1, 0.15) is 5.01 Å². The van der Waals surface area contributed by atoms with Gasteiger partial charge in [-0.3, -0.25) is 0 Å². The molecule has 3 aromatic rings. The van der Waals surface area contributed by atoms with E-state index in [1.165, 1.54) is 17.3 Å². The van der Waals surface area contributed by atoms with Crippen LogP contribution in [0.15, 0.2) is 60.9 Å². The third kappa shape index (κ3) is 4.31. The zero-order chi connectivity index (χ0) is 15.1. The highest BCUT2D eigenvalue weighted by molar-refractivity contribution is 7.18. The lowest BCUT2D eigenvalue weighted by atomic mass is 10.3. The number of ether oxygens (including phenoxy) is 1. The summed E-state index contributed by atoms with van der Waals surface area (Å²) in [5.74, 6) is 0.850. The van der Waals surface area contributed by atoms with Crippen LogP contribution in [-0.2, 0) is 7.05 Å². The summed E-state index contributed by atoms with van der Waals surface area (Å²) in [5, 5.41) is 1.16. The molecule has 5 heteroatoms. The third-order valence-electron chi connectivity index (χ3n) is 2.93. The van der Waals surface area contributed by atoms with Crippen LogP contribution in [0.5, 0.6) is 5.75 Å². The normalized spacial score (nSPS) is 9.95. The highest BCUT2D eigenvalue weighted by Gasteiger charge is 2.13. The fourth-order valence-corrected chi connectivity index (χ4v) is 2.98. The number of aryl methyl sites for hydroxylation is 1. The van der Waals surface area contributed by atoms with Gasteiger partial charge in [-0.2, -0.15) is 4.57 Å². The number of nitrogens with two attached hydrogens (primary N) is 1. The molecule has 0 bridgehead atoms. The molecule has 3 rings (SSSR count). The SMILES string of the molecule is CN.C[n+]1c(C=COc2ccccc2)sc2ccccc21.[Cl-]. The summed E-state index contributed by atoms with van der Waals surface area (Å²) in [4.78, 5) is 0. The van der Waals surface area contributed by atoms with Gasteiger partial charge in [0, 0.05) is 6.07 Å². The van der Waals surface area contributed by atoms with Crippen molar-refractivity contribution in [2.75, 3.05) is 7.05 Å². The van der Waals surface area contributed by atoms with E-state index in [-0.39, 0.29) is 12.4 Å². The van der Waals surface area contributed by atoms with Crippen LogP contribution < -0.4 is 27.4 Å². The summed E-state index contributed by atoms with van der Waals surface area (Å²) in [6.07, 6.45) is 3.73. The van der Waals surface area contributed by atoms with Gasteiger partial charge in [-0.1, -0.05) is 41.7 Å². The van der Waals surface area contributed by atoms with E-state index in [1.807, 2.05) is 36.4 Å². The van der Waals surface area contributed by atoms with Gasteiger partial charge in [-0.15, -0.1) is 0 Å². The minimum Gasteiger partial charge on any atom is -1.00 e. The van der Waals surface area contributed by atoms with Crippen molar-refractivity contribution in [3.63, 3.8) is 0 Å². The van der Waals surface area contributed by atoms with E-state index >= 15 is 0 Å². The van der Waals surface area contributed by atoms with Gasteiger partial charge in [0.2, 0.25) is 5.52 Å². The molecule has 2 aromatic carbocycles. The van der Waals surface area contributed by atoms with E-state index in [4.69, 9.17) is 4.74 Å². The first-order valence-corrected chi connectivity index (χ1v) is 7.50. The monoisotopic (exact) mass is 334 g/mol. The number of benzene rings is 2. The number of hydrogen-bond donors (Lipinski definition) is 1. The first-order valence-electron chi connectivity index (χ1n) is 6.68. The van der Waals surface area contributed by atoms with Crippen molar-refractivity contribution in [2.24, 2.45) is 12.8 Å². The van der Waals surface area contributed by atoms with Crippen LogP contribution in [0.4, 0.5) is 0 Å². The Morgan fingerprint density at radius 1 is 1.00 bits per heavy atom. The molecule has 0 spiro atoms. The molecule has 1 heterocycles. The Kier molecular flexibility index (Phi) is 7.60. The van der Waals surface area contributed by atoms with E-state index in [0.717, 1.165) is 10.8 Å². The van der Waals surface area contributed by atoms with E-state index in [9.17, 15) is 0 Å². The largest absolute Gasteiger partial charge is 1.00 e. The number of rotatable bonds is 3. The number of thiazole rings is 1. The molecule has 3 nitrogen and oxygen atoms in total. The van der Waals surface area contributed by atoms with Crippen LogP contribution in [0.2, 0.25) is 0 Å². The van der Waals surface area contributed by atoms with Gasteiger partial charge in [0.1, 0.15) is 17.5 Å². The zero-order valence-corrected chi connectivity index (χ0v) is 14.1. The lowest BCUT2D eigenvalue weighted by Gasteiger charge is -1.96. The van der Waals surface area contributed by atoms with Crippen LogP contribution in [0.25, 0.3) is 16.3 Å². The smallest absolute Gasteiger partial charge is 0.265 e. The van der Waals surface area contributed by atoms with Gasteiger partial charge in [-0.25, -0.2) is 0 Å². The Balaban J connectivity index is 0.000000775. The Hall–Kier alpha value is -1.88. The topological polar surface area (TPSA) is 39.1 Å². The molecule has 0 aliphatic carbocycles. The molecule has 0 aliphatic rings. The molecule has 0 amide bonds. The molecular formula is C17H19ClN2OS. The maximum absolute atomic E-state index is 5.57. The number of nitrogens with zero attached hydrogens (tertiary/aromatic N) is 1. The van der Waals surface area contributed by atoms with Crippen molar-refractivity contribution in [1.82, 2.24) is 0 Å². The fraction of sp³-hybridized carbons (Fsp3) is 0.118. The number of fused-ring (bicyclic) bond motifs is 1. The van der Waals surface area contributed by atoms with Gasteiger partial charge in [0.15, 0.2) is 0 Å². The van der Waals surface area contributed by atoms with Crippen molar-refractivity contribution in [2.45, 2.75) is 0 Å². The third-order valence-corrected chi connectivity index (χ3v) is 4.11. The first-order chi connectivity index (χ1) is 10.3. The number of para-hydroxylation sites is 2. The van der Waals surface area contributed by atoms with Gasteiger partial charge >= 0.3 is 0 Å². The lowest BCUT2D eigenvalue weighted by molar-refractivity contribution is -0.642. The van der Waals surface area contributed by atoms with Gasteiger partial charge in [0.05, 0.1) is 12.3 Å². The van der Waals surface area contributed by atoms with Crippen molar-refractivity contribution in [3.05, 3.63) is 65.9 Å². The second-order valence-electron chi connectivity index (χ2n) is 4.20. The van der Waals surface area contributed by atoms with Crippen molar-refractivity contribution in [3.8, 4) is 5.75 Å². The molecular weight excluding hydrogens is 316 g/mol. The molecule has 0 saturated heterocycles. The van der Waals surface area contributed by atoms with E-state index in [0.29, 0.717) is 0 Å². The van der Waals surface area contributed by atoms with Crippen LogP contribution in [0, 0.1) is 0 Å². The highest BCUT2D eigenvalue weighted by atomic mass is 35.5. The summed E-state index contributed by atoms with van der Waals surface area (Å²) < 4.78 is 9.03. The summed E-state index contributed by atoms with van der Waals surface area (Å²) >= 11 is 1.76. The number of aromatic nitrogens is 1. The molecule has 22 heavy (non-hydrogen) atoms. The molecule has 1 aromatic heterocycles. The molecule has 0 atom stereocenters. The summed E-state index contributed by atoms with van der Waals surface area (Å²) in [5.41, 5.74) is 5.74. The van der Waals surface area contributed by atoms with E-state index < -0.39 is 0 Å².